The first-order valence-electron chi connectivity index (χ1n) is 22.2. The number of para-hydroxylation sites is 3. The molecule has 0 radical (unpaired) electrons. The van der Waals surface area contributed by atoms with Crippen molar-refractivity contribution in [3.63, 3.8) is 0 Å². The largest absolute Gasteiger partial charge is 0.355 e. The first kappa shape index (κ1) is 37.7. The third-order valence-corrected chi connectivity index (χ3v) is 13.1. The summed E-state index contributed by atoms with van der Waals surface area (Å²) < 4.78 is 0. The summed E-state index contributed by atoms with van der Waals surface area (Å²) >= 11 is 0. The van der Waals surface area contributed by atoms with Gasteiger partial charge in [-0.3, -0.25) is 15.0 Å². The molecule has 0 saturated heterocycles. The van der Waals surface area contributed by atoms with Gasteiger partial charge in [-0.1, -0.05) is 109 Å². The molecule has 0 aliphatic carbocycles. The van der Waals surface area contributed by atoms with Crippen LogP contribution in [-0.4, -0.2) is 29.9 Å². The van der Waals surface area contributed by atoms with Gasteiger partial charge >= 0.3 is 0 Å². The molecule has 0 saturated carbocycles. The number of rotatable bonds is 6. The average molecular weight is 850 g/mol. The molecule has 13 rings (SSSR count). The van der Waals surface area contributed by atoms with Gasteiger partial charge in [-0.25, -0.2) is 15.0 Å². The monoisotopic (exact) mass is 849 g/mol. The molecule has 3 aliphatic rings. The minimum atomic E-state index is -0.198. The fourth-order valence-electron chi connectivity index (χ4n) is 10.3. The maximum atomic E-state index is 5.56. The summed E-state index contributed by atoms with van der Waals surface area (Å²) in [5.74, 6) is 1.08. The summed E-state index contributed by atoms with van der Waals surface area (Å²) in [7, 11) is 0. The Bertz CT molecular complexity index is 3110. The van der Waals surface area contributed by atoms with Crippen molar-refractivity contribution in [3.8, 4) is 34.2 Å². The summed E-state index contributed by atoms with van der Waals surface area (Å²) in [6, 6.07) is 62.9. The fourth-order valence-corrected chi connectivity index (χ4v) is 10.3. The number of hydrogen-bond donors (Lipinski definition) is 3. The summed E-state index contributed by atoms with van der Waals surface area (Å²) in [5.41, 5.74) is 18.1. The normalized spacial score (nSPS) is 16.1. The summed E-state index contributed by atoms with van der Waals surface area (Å²) in [5, 5.41) is 11.3. The lowest BCUT2D eigenvalue weighted by Crippen LogP contribution is -2.18. The van der Waals surface area contributed by atoms with Crippen LogP contribution in [0.1, 0.15) is 68.2 Å². The molecule has 4 aromatic heterocycles. The van der Waals surface area contributed by atoms with E-state index in [-0.39, 0.29) is 17.8 Å². The van der Waals surface area contributed by atoms with Crippen LogP contribution in [0.2, 0.25) is 0 Å². The van der Waals surface area contributed by atoms with Crippen molar-refractivity contribution in [1.29, 1.82) is 0 Å². The Kier molecular flexibility index (Phi) is 8.83. The van der Waals surface area contributed by atoms with Gasteiger partial charge in [-0.2, -0.15) is 0 Å². The van der Waals surface area contributed by atoms with Gasteiger partial charge in [0, 0.05) is 86.1 Å². The van der Waals surface area contributed by atoms with Crippen LogP contribution >= 0.6 is 0 Å². The zero-order valence-electron chi connectivity index (χ0n) is 35.5. The number of benzene rings is 6. The van der Waals surface area contributed by atoms with E-state index >= 15 is 0 Å². The van der Waals surface area contributed by atoms with Crippen molar-refractivity contribution in [2.45, 2.75) is 17.8 Å². The molecule has 10 aromatic rings. The number of fused-ring (bicyclic) bond motifs is 6. The smallest absolute Gasteiger partial charge is 0.164 e. The highest BCUT2D eigenvalue weighted by molar-refractivity contribution is 5.87. The second kappa shape index (κ2) is 15.5. The topological polar surface area (TPSA) is 113 Å². The quantitative estimate of drug-likeness (QED) is 0.150. The maximum Gasteiger partial charge on any atom is 0.164 e. The third kappa shape index (κ3) is 6.16. The van der Waals surface area contributed by atoms with E-state index in [1.54, 1.807) is 0 Å². The molecule has 7 heterocycles. The van der Waals surface area contributed by atoms with Crippen LogP contribution in [0.3, 0.4) is 0 Å². The fraction of sp³-hybridized carbons (Fsp3) is 0.0526. The second-order valence-electron chi connectivity index (χ2n) is 16.8. The Morgan fingerprint density at radius 2 is 0.561 bits per heavy atom. The number of aromatic nitrogens is 6. The molecule has 0 spiro atoms. The summed E-state index contributed by atoms with van der Waals surface area (Å²) in [6.45, 7) is 0. The second-order valence-corrected chi connectivity index (χ2v) is 16.8. The van der Waals surface area contributed by atoms with Crippen LogP contribution in [0.15, 0.2) is 201 Å². The average Bonchev–Trinajstić information content (AvgIpc) is 3.38. The zero-order valence-corrected chi connectivity index (χ0v) is 35.5. The number of anilines is 6. The molecule has 0 fully saturated rings. The van der Waals surface area contributed by atoms with Crippen LogP contribution in [0.4, 0.5) is 34.1 Å². The predicted octanol–water partition coefficient (Wildman–Crippen LogP) is 12.8. The molecule has 312 valence electrons. The summed E-state index contributed by atoms with van der Waals surface area (Å²) in [6.07, 6.45) is 5.60. The Morgan fingerprint density at radius 1 is 0.273 bits per heavy atom. The van der Waals surface area contributed by atoms with Gasteiger partial charge in [-0.15, -0.1) is 0 Å². The maximum absolute atomic E-state index is 5.56. The van der Waals surface area contributed by atoms with E-state index in [9.17, 15) is 0 Å². The Morgan fingerprint density at radius 3 is 0.864 bits per heavy atom. The van der Waals surface area contributed by atoms with Gasteiger partial charge in [0.15, 0.2) is 17.5 Å². The third-order valence-electron chi connectivity index (χ3n) is 13.1. The number of nitrogens with zero attached hydrogens (tertiary/aromatic N) is 6. The van der Waals surface area contributed by atoms with Crippen molar-refractivity contribution in [1.82, 2.24) is 29.9 Å². The van der Waals surface area contributed by atoms with Crippen molar-refractivity contribution >= 4 is 34.1 Å². The van der Waals surface area contributed by atoms with Crippen LogP contribution in [-0.2, 0) is 0 Å². The number of hydrogen-bond acceptors (Lipinski definition) is 9. The Labute approximate surface area is 381 Å². The zero-order chi connectivity index (χ0) is 43.6. The highest BCUT2D eigenvalue weighted by Gasteiger charge is 2.36. The van der Waals surface area contributed by atoms with E-state index in [1.807, 2.05) is 36.8 Å². The molecule has 0 amide bonds. The molecule has 3 unspecified atom stereocenters. The number of nitrogens with one attached hydrogen (secondary N) is 3. The highest BCUT2D eigenvalue weighted by atomic mass is 15.0. The van der Waals surface area contributed by atoms with Gasteiger partial charge in [0.25, 0.3) is 0 Å². The van der Waals surface area contributed by atoms with Crippen molar-refractivity contribution in [2.75, 3.05) is 16.0 Å². The molecule has 6 aromatic carbocycles. The Hall–Kier alpha value is -8.82. The van der Waals surface area contributed by atoms with E-state index in [0.29, 0.717) is 17.5 Å². The molecular weight excluding hydrogens is 811 g/mol. The minimum absolute atomic E-state index is 0.198. The minimum Gasteiger partial charge on any atom is -0.355 e. The standard InChI is InChI=1S/C57H39N9/c1-4-22-40-34(16-1)49(43-25-7-10-31-58-43)52-37(19-13-28-46(52)61-40)55-64-56(38-20-14-29-47-53(38)50(44-26-8-11-32-59-44)35-17-2-5-23-41(35)62-47)66-57(65-55)39-21-15-30-48-54(39)51(45-27-9-12-33-60-45)36-18-3-6-24-42(36)63-48/h1-33,49-51,61-63H. The van der Waals surface area contributed by atoms with Gasteiger partial charge in [0.1, 0.15) is 0 Å². The molecule has 9 nitrogen and oxygen atoms in total. The summed E-state index contributed by atoms with van der Waals surface area (Å²) in [4.78, 5) is 31.6. The Balaban J connectivity index is 1.09. The first-order chi connectivity index (χ1) is 32.7. The van der Waals surface area contributed by atoms with E-state index in [2.05, 4.69) is 180 Å². The van der Waals surface area contributed by atoms with Crippen molar-refractivity contribution in [2.24, 2.45) is 0 Å². The lowest BCUT2D eigenvalue weighted by molar-refractivity contribution is 0.900. The van der Waals surface area contributed by atoms with Gasteiger partial charge < -0.3 is 16.0 Å². The van der Waals surface area contributed by atoms with Crippen molar-refractivity contribution in [3.05, 3.63) is 251 Å². The predicted molar refractivity (Wildman–Crippen MR) is 261 cm³/mol. The van der Waals surface area contributed by atoms with Crippen molar-refractivity contribution < 1.29 is 0 Å². The van der Waals surface area contributed by atoms with Gasteiger partial charge in [0.05, 0.1) is 34.8 Å². The van der Waals surface area contributed by atoms with E-state index in [4.69, 9.17) is 29.9 Å². The SMILES string of the molecule is c1ccc(C2c3ccccc3Nc3cccc(-c4nc(-c5cccc6c5C(c5ccccn5)c5ccccc5N6)nc(-c5cccc6c5C(c5ccccn5)c5ccccc5N6)n4)c32)nc1. The van der Waals surface area contributed by atoms with E-state index in [1.165, 1.54) is 0 Å². The first-order valence-corrected chi connectivity index (χ1v) is 22.2. The van der Waals surface area contributed by atoms with E-state index in [0.717, 1.165) is 101 Å². The lowest BCUT2D eigenvalue weighted by Gasteiger charge is -2.32. The molecule has 3 N–H and O–H groups in total. The number of pyridine rings is 3. The highest BCUT2D eigenvalue weighted by Crippen LogP contribution is 2.52. The van der Waals surface area contributed by atoms with Gasteiger partial charge in [0.2, 0.25) is 0 Å². The molecule has 9 heteroatoms. The van der Waals surface area contributed by atoms with Gasteiger partial charge in [-0.05, 0) is 89.5 Å². The molecule has 0 bridgehead atoms. The van der Waals surface area contributed by atoms with Crippen LogP contribution < -0.4 is 16.0 Å². The van der Waals surface area contributed by atoms with Crippen LogP contribution in [0, 0.1) is 0 Å². The van der Waals surface area contributed by atoms with E-state index < -0.39 is 0 Å². The molecule has 66 heavy (non-hydrogen) atoms. The van der Waals surface area contributed by atoms with Crippen LogP contribution in [0.25, 0.3) is 34.2 Å². The molecular formula is C57H39N9. The molecule has 3 atom stereocenters. The lowest BCUT2D eigenvalue weighted by atomic mass is 9.80. The molecule has 3 aliphatic heterocycles. The van der Waals surface area contributed by atoms with Crippen LogP contribution in [0.5, 0.6) is 0 Å².